The molecule has 0 saturated heterocycles. The summed E-state index contributed by atoms with van der Waals surface area (Å²) >= 11 is 0. The molecule has 236 valence electrons. The molecule has 3 aromatic carbocycles. The first kappa shape index (κ1) is 32.6. The number of fused-ring (bicyclic) bond motifs is 1. The number of amides is 2. The van der Waals surface area contributed by atoms with Gasteiger partial charge in [0.1, 0.15) is 17.0 Å². The summed E-state index contributed by atoms with van der Waals surface area (Å²) in [6, 6.07) is 14.0. The molecular formula is C32H32F2N4O7. The first-order valence-corrected chi connectivity index (χ1v) is 13.8. The molecule has 1 aliphatic carbocycles. The van der Waals surface area contributed by atoms with Gasteiger partial charge in [-0.1, -0.05) is 0 Å². The summed E-state index contributed by atoms with van der Waals surface area (Å²) in [5.41, 5.74) is -0.304. The SMILES string of the molecule is COc1cc2c(Oc3ccc(NC(=O)C4(C(=O)Nc5ccc(F)cc5)CC4)cc3F)ccnc2cc1OCCCCC(=O)[O-].[NH4+]. The number of carboxylic acid groups (broad SMARTS) is 1. The molecule has 0 aliphatic heterocycles. The third-order valence-corrected chi connectivity index (χ3v) is 7.15. The number of methoxy groups -OCH3 is 1. The van der Waals surface area contributed by atoms with Crippen molar-refractivity contribution in [1.82, 2.24) is 11.1 Å². The number of nitrogens with one attached hydrogen (secondary N) is 2. The Bertz CT molecular complexity index is 1710. The number of quaternary nitrogens is 1. The Morgan fingerprint density at radius 2 is 1.56 bits per heavy atom. The number of benzene rings is 3. The Labute approximate surface area is 257 Å². The second kappa shape index (κ2) is 14.0. The minimum absolute atomic E-state index is 0. The van der Waals surface area contributed by atoms with Crippen molar-refractivity contribution in [2.45, 2.75) is 32.1 Å². The van der Waals surface area contributed by atoms with Crippen molar-refractivity contribution in [3.63, 3.8) is 0 Å². The molecule has 1 fully saturated rings. The highest BCUT2D eigenvalue weighted by Crippen LogP contribution is 2.47. The molecular weight excluding hydrogens is 590 g/mol. The summed E-state index contributed by atoms with van der Waals surface area (Å²) < 4.78 is 45.4. The average molecular weight is 623 g/mol. The van der Waals surface area contributed by atoms with Crippen LogP contribution in [0.2, 0.25) is 0 Å². The van der Waals surface area contributed by atoms with E-state index in [9.17, 15) is 23.9 Å². The highest BCUT2D eigenvalue weighted by Gasteiger charge is 2.56. The van der Waals surface area contributed by atoms with Gasteiger partial charge in [-0.15, -0.1) is 0 Å². The van der Waals surface area contributed by atoms with Gasteiger partial charge in [0, 0.05) is 41.1 Å². The van der Waals surface area contributed by atoms with Crippen LogP contribution in [-0.4, -0.2) is 36.5 Å². The number of rotatable bonds is 13. The van der Waals surface area contributed by atoms with E-state index in [-0.39, 0.29) is 30.6 Å². The van der Waals surface area contributed by atoms with Gasteiger partial charge in [-0.05, 0) is 80.6 Å². The Kier molecular flexibility index (Phi) is 10.1. The lowest BCUT2D eigenvalue weighted by Gasteiger charge is -2.16. The number of carboxylic acids is 1. The molecule has 13 heteroatoms. The number of hydrogen-bond donors (Lipinski definition) is 3. The van der Waals surface area contributed by atoms with Crippen molar-refractivity contribution >= 4 is 40.1 Å². The molecule has 0 atom stereocenters. The van der Waals surface area contributed by atoms with E-state index in [1.165, 1.54) is 49.7 Å². The average Bonchev–Trinajstić information content (AvgIpc) is 3.82. The number of pyridine rings is 1. The van der Waals surface area contributed by atoms with Gasteiger partial charge in [-0.3, -0.25) is 14.6 Å². The van der Waals surface area contributed by atoms with Crippen LogP contribution < -0.4 is 36.1 Å². The number of unbranched alkanes of at least 4 members (excludes halogenated alkanes) is 1. The van der Waals surface area contributed by atoms with Gasteiger partial charge >= 0.3 is 0 Å². The lowest BCUT2D eigenvalue weighted by atomic mass is 10.0. The Balaban J connectivity index is 0.00000461. The predicted molar refractivity (Wildman–Crippen MR) is 160 cm³/mol. The molecule has 1 saturated carbocycles. The number of carbonyl (C=O) groups is 3. The van der Waals surface area contributed by atoms with Crippen LogP contribution in [0.5, 0.6) is 23.0 Å². The summed E-state index contributed by atoms with van der Waals surface area (Å²) in [5.74, 6) is -2.45. The lowest BCUT2D eigenvalue weighted by Crippen LogP contribution is -2.35. The van der Waals surface area contributed by atoms with Crippen LogP contribution in [-0.2, 0) is 14.4 Å². The van der Waals surface area contributed by atoms with Crippen LogP contribution in [0.1, 0.15) is 32.1 Å². The first-order valence-electron chi connectivity index (χ1n) is 13.8. The summed E-state index contributed by atoms with van der Waals surface area (Å²) in [7, 11) is 1.46. The van der Waals surface area contributed by atoms with Crippen molar-refractivity contribution in [3.05, 3.63) is 78.5 Å². The number of ether oxygens (including phenoxy) is 3. The molecule has 1 aliphatic rings. The highest BCUT2D eigenvalue weighted by atomic mass is 19.1. The van der Waals surface area contributed by atoms with Crippen LogP contribution in [0.25, 0.3) is 10.9 Å². The van der Waals surface area contributed by atoms with Crippen molar-refractivity contribution in [1.29, 1.82) is 0 Å². The zero-order valence-corrected chi connectivity index (χ0v) is 24.7. The molecule has 1 aromatic heterocycles. The van der Waals surface area contributed by atoms with Gasteiger partial charge in [0.25, 0.3) is 0 Å². The Hall–Kier alpha value is -5.30. The largest absolute Gasteiger partial charge is 0.550 e. The quantitative estimate of drug-likeness (QED) is 0.132. The van der Waals surface area contributed by atoms with Crippen LogP contribution >= 0.6 is 0 Å². The van der Waals surface area contributed by atoms with Gasteiger partial charge in [0.05, 0.1) is 19.2 Å². The molecule has 0 bridgehead atoms. The topological polar surface area (TPSA) is 175 Å². The zero-order valence-electron chi connectivity index (χ0n) is 24.7. The molecule has 6 N–H and O–H groups in total. The van der Waals surface area contributed by atoms with Crippen molar-refractivity contribution in [3.8, 4) is 23.0 Å². The number of nitrogens with zero attached hydrogens (tertiary/aromatic N) is 1. The standard InChI is InChI=1S/C32H29F2N3O7.H3N/c1-42-27-17-22-24(18-28(27)43-15-3-2-4-29(38)39)35-14-11-25(22)44-26-10-9-21(16-23(26)34)37-31(41)32(12-13-32)30(40)36-20-7-5-19(33)6-8-20;/h5-11,14,16-18H,2-4,12-13,15H2,1H3,(H,36,40)(H,37,41)(H,38,39);1H3. The number of aliphatic carboxylic acids is 1. The zero-order chi connectivity index (χ0) is 31.3. The highest BCUT2D eigenvalue weighted by molar-refractivity contribution is 6.16. The normalized spacial score (nSPS) is 12.9. The van der Waals surface area contributed by atoms with E-state index in [0.29, 0.717) is 59.5 Å². The predicted octanol–water partition coefficient (Wildman–Crippen LogP) is 5.35. The fourth-order valence-electron chi connectivity index (χ4n) is 4.54. The van der Waals surface area contributed by atoms with Crippen LogP contribution in [0.15, 0.2) is 66.9 Å². The number of hydrogen-bond acceptors (Lipinski definition) is 8. The molecule has 0 radical (unpaired) electrons. The minimum atomic E-state index is -1.30. The Morgan fingerprint density at radius 3 is 2.20 bits per heavy atom. The van der Waals surface area contributed by atoms with Crippen LogP contribution in [0, 0.1) is 17.0 Å². The van der Waals surface area contributed by atoms with E-state index in [4.69, 9.17) is 14.2 Å². The maximum Gasteiger partial charge on any atom is 0.240 e. The van der Waals surface area contributed by atoms with Gasteiger partial charge in [-0.2, -0.15) is 0 Å². The fourth-order valence-corrected chi connectivity index (χ4v) is 4.54. The number of anilines is 2. The molecule has 5 rings (SSSR count). The van der Waals surface area contributed by atoms with Crippen molar-refractivity contribution < 1.29 is 42.5 Å². The maximum atomic E-state index is 15.2. The molecule has 45 heavy (non-hydrogen) atoms. The summed E-state index contributed by atoms with van der Waals surface area (Å²) in [4.78, 5) is 40.7. The monoisotopic (exact) mass is 622 g/mol. The summed E-state index contributed by atoms with van der Waals surface area (Å²) in [5, 5.41) is 16.3. The fraction of sp³-hybridized carbons (Fsp3) is 0.250. The van der Waals surface area contributed by atoms with E-state index in [2.05, 4.69) is 15.6 Å². The maximum absolute atomic E-state index is 15.2. The van der Waals surface area contributed by atoms with E-state index in [0.717, 1.165) is 6.07 Å². The lowest BCUT2D eigenvalue weighted by molar-refractivity contribution is -0.305. The number of halogens is 2. The van der Waals surface area contributed by atoms with Gasteiger partial charge in [-0.25, -0.2) is 8.78 Å². The summed E-state index contributed by atoms with van der Waals surface area (Å²) in [6.07, 6.45) is 3.00. The van der Waals surface area contributed by atoms with Crippen molar-refractivity contribution in [2.24, 2.45) is 5.41 Å². The second-order valence-corrected chi connectivity index (χ2v) is 10.3. The summed E-state index contributed by atoms with van der Waals surface area (Å²) in [6.45, 7) is 0.263. The van der Waals surface area contributed by atoms with Gasteiger partial charge < -0.3 is 40.9 Å². The first-order chi connectivity index (χ1) is 21.2. The van der Waals surface area contributed by atoms with Gasteiger partial charge in [0.2, 0.25) is 11.8 Å². The molecule has 1 heterocycles. The molecule has 0 spiro atoms. The van der Waals surface area contributed by atoms with Crippen molar-refractivity contribution in [2.75, 3.05) is 24.4 Å². The van der Waals surface area contributed by atoms with E-state index >= 15 is 4.39 Å². The minimum Gasteiger partial charge on any atom is -0.550 e. The molecule has 2 amide bonds. The molecule has 11 nitrogen and oxygen atoms in total. The van der Waals surface area contributed by atoms with E-state index in [1.807, 2.05) is 0 Å². The van der Waals surface area contributed by atoms with E-state index < -0.39 is 34.8 Å². The van der Waals surface area contributed by atoms with Crippen LogP contribution in [0.3, 0.4) is 0 Å². The Morgan fingerprint density at radius 1 is 0.867 bits per heavy atom. The smallest absolute Gasteiger partial charge is 0.240 e. The second-order valence-electron chi connectivity index (χ2n) is 10.3. The number of carbonyl (C=O) groups excluding carboxylic acids is 3. The molecule has 0 unspecified atom stereocenters. The van der Waals surface area contributed by atoms with Crippen LogP contribution in [0.4, 0.5) is 20.2 Å². The molecule has 4 aromatic rings. The third-order valence-electron chi connectivity index (χ3n) is 7.15. The number of aromatic nitrogens is 1. The van der Waals surface area contributed by atoms with Gasteiger partial charge in [0.15, 0.2) is 23.1 Å². The van der Waals surface area contributed by atoms with E-state index in [1.54, 1.807) is 18.2 Å². The third kappa shape index (κ3) is 7.62.